The fourth-order valence-corrected chi connectivity index (χ4v) is 4.10. The summed E-state index contributed by atoms with van der Waals surface area (Å²) in [5.74, 6) is -0.510. The van der Waals surface area contributed by atoms with Crippen molar-refractivity contribution in [3.05, 3.63) is 70.4 Å². The molecule has 0 atom stereocenters. The van der Waals surface area contributed by atoms with E-state index in [2.05, 4.69) is 35.1 Å². The fraction of sp³-hybridized carbons (Fsp3) is 0.333. The molecule has 0 unspecified atom stereocenters. The van der Waals surface area contributed by atoms with E-state index in [0.29, 0.717) is 26.2 Å². The summed E-state index contributed by atoms with van der Waals surface area (Å²) in [5, 5.41) is 3.82. The molecule has 0 aliphatic carbocycles. The molecule has 2 aromatic carbocycles. The Morgan fingerprint density at radius 1 is 1.03 bits per heavy atom. The number of benzene rings is 2. The largest absolute Gasteiger partial charge is 0.467 e. The molecule has 1 aliphatic rings. The van der Waals surface area contributed by atoms with Crippen LogP contribution in [0.4, 0.5) is 18.9 Å². The molecule has 2 heterocycles. The van der Waals surface area contributed by atoms with E-state index in [1.807, 2.05) is 6.92 Å². The molecular formula is C24H24ClF3N4O2. The van der Waals surface area contributed by atoms with Crippen LogP contribution >= 0.6 is 11.6 Å². The summed E-state index contributed by atoms with van der Waals surface area (Å²) in [5.41, 5.74) is 2.58. The van der Waals surface area contributed by atoms with Gasteiger partial charge in [0.2, 0.25) is 5.88 Å². The first-order valence-corrected chi connectivity index (χ1v) is 11.2. The number of hydrogen-bond donors (Lipinski definition) is 0. The maximum absolute atomic E-state index is 13.3. The number of piperazine rings is 1. The van der Waals surface area contributed by atoms with Crippen LogP contribution in [0.25, 0.3) is 5.69 Å². The smallest absolute Gasteiger partial charge is 0.435 e. The average Bonchev–Trinajstić information content (AvgIpc) is 3.24. The van der Waals surface area contributed by atoms with Crippen molar-refractivity contribution in [2.45, 2.75) is 20.0 Å². The molecule has 1 aromatic heterocycles. The van der Waals surface area contributed by atoms with Gasteiger partial charge < -0.3 is 14.5 Å². The van der Waals surface area contributed by atoms with Crippen LogP contribution in [-0.2, 0) is 11.0 Å². The van der Waals surface area contributed by atoms with Gasteiger partial charge in [-0.1, -0.05) is 35.9 Å². The zero-order chi connectivity index (χ0) is 24.5. The van der Waals surface area contributed by atoms with Gasteiger partial charge in [-0.25, -0.2) is 0 Å². The van der Waals surface area contributed by atoms with Crippen molar-refractivity contribution < 1.29 is 22.7 Å². The van der Waals surface area contributed by atoms with Crippen molar-refractivity contribution in [1.82, 2.24) is 14.7 Å². The Balaban J connectivity index is 1.44. The van der Waals surface area contributed by atoms with E-state index in [1.165, 1.54) is 23.3 Å². The van der Waals surface area contributed by atoms with Crippen molar-refractivity contribution >= 4 is 23.2 Å². The van der Waals surface area contributed by atoms with Crippen LogP contribution in [0.2, 0.25) is 5.02 Å². The van der Waals surface area contributed by atoms with E-state index in [0.717, 1.165) is 16.4 Å². The van der Waals surface area contributed by atoms with Gasteiger partial charge in [-0.2, -0.15) is 23.0 Å². The van der Waals surface area contributed by atoms with Gasteiger partial charge in [0, 0.05) is 37.9 Å². The molecule has 1 aliphatic heterocycles. The second-order valence-corrected chi connectivity index (χ2v) is 8.58. The Hall–Kier alpha value is -3.20. The van der Waals surface area contributed by atoms with Crippen molar-refractivity contribution in [1.29, 1.82) is 0 Å². The molecule has 34 heavy (non-hydrogen) atoms. The third-order valence-corrected chi connectivity index (χ3v) is 6.05. The lowest BCUT2D eigenvalue weighted by Gasteiger charge is -2.36. The average molecular weight is 493 g/mol. The molecule has 180 valence electrons. The number of hydrogen-bond acceptors (Lipinski definition) is 4. The highest BCUT2D eigenvalue weighted by Crippen LogP contribution is 2.33. The number of aromatic nitrogens is 2. The van der Waals surface area contributed by atoms with Crippen LogP contribution in [0.15, 0.2) is 48.5 Å². The molecule has 10 heteroatoms. The normalized spacial score (nSPS) is 14.4. The Morgan fingerprint density at radius 2 is 1.74 bits per heavy atom. The van der Waals surface area contributed by atoms with Crippen LogP contribution in [-0.4, -0.2) is 53.4 Å². The molecule has 0 bridgehead atoms. The number of ether oxygens (including phenoxy) is 1. The van der Waals surface area contributed by atoms with E-state index in [4.69, 9.17) is 16.3 Å². The van der Waals surface area contributed by atoms with Gasteiger partial charge >= 0.3 is 6.18 Å². The quantitative estimate of drug-likeness (QED) is 0.509. The minimum Gasteiger partial charge on any atom is -0.467 e. The summed E-state index contributed by atoms with van der Waals surface area (Å²) in [7, 11) is 0. The van der Waals surface area contributed by atoms with Crippen molar-refractivity contribution in [2.75, 3.05) is 37.7 Å². The summed E-state index contributed by atoms with van der Waals surface area (Å²) in [4.78, 5) is 16.6. The lowest BCUT2D eigenvalue weighted by atomic mass is 10.1. The van der Waals surface area contributed by atoms with E-state index < -0.39 is 18.5 Å². The van der Waals surface area contributed by atoms with E-state index in [1.54, 1.807) is 17.0 Å². The lowest BCUT2D eigenvalue weighted by molar-refractivity contribution is -0.141. The molecule has 6 nitrogen and oxygen atoms in total. The monoisotopic (exact) mass is 492 g/mol. The molecule has 1 amide bonds. The van der Waals surface area contributed by atoms with Gasteiger partial charge in [0.25, 0.3) is 5.91 Å². The van der Waals surface area contributed by atoms with Crippen LogP contribution in [0.3, 0.4) is 0 Å². The van der Waals surface area contributed by atoms with Gasteiger partial charge in [-0.15, -0.1) is 0 Å². The molecular weight excluding hydrogens is 469 g/mol. The SMILES string of the molecule is Cc1ccc(C)c(N2CCN(C(=O)COc3cc(C(F)(F)F)nn3-c3ccccc3Cl)CC2)c1. The summed E-state index contributed by atoms with van der Waals surface area (Å²) >= 11 is 6.15. The van der Waals surface area contributed by atoms with Crippen molar-refractivity contribution in [3.63, 3.8) is 0 Å². The Morgan fingerprint density at radius 3 is 2.41 bits per heavy atom. The summed E-state index contributed by atoms with van der Waals surface area (Å²) in [6.45, 7) is 5.99. The minimum absolute atomic E-state index is 0.206. The molecule has 0 spiro atoms. The number of amides is 1. The topological polar surface area (TPSA) is 50.6 Å². The predicted molar refractivity (Wildman–Crippen MR) is 124 cm³/mol. The Kier molecular flexibility index (Phi) is 6.74. The standard InChI is InChI=1S/C24H24ClF3N4O2/c1-16-7-8-17(2)20(13-16)30-9-11-31(12-10-30)22(33)15-34-23-14-21(24(26,27)28)29-32(23)19-6-4-3-5-18(19)25/h3-8,13-14H,9-12,15H2,1-2H3. The zero-order valence-corrected chi connectivity index (χ0v) is 19.5. The van der Waals surface area contributed by atoms with Crippen LogP contribution in [0.5, 0.6) is 5.88 Å². The highest BCUT2D eigenvalue weighted by molar-refractivity contribution is 6.32. The second-order valence-electron chi connectivity index (χ2n) is 8.18. The second kappa shape index (κ2) is 9.58. The van der Waals surface area contributed by atoms with Crippen molar-refractivity contribution in [3.8, 4) is 11.6 Å². The molecule has 0 N–H and O–H groups in total. The van der Waals surface area contributed by atoms with Crippen LogP contribution in [0.1, 0.15) is 16.8 Å². The third-order valence-electron chi connectivity index (χ3n) is 5.73. The maximum atomic E-state index is 13.3. The van der Waals surface area contributed by atoms with Gasteiger partial charge in [0.05, 0.1) is 10.7 Å². The lowest BCUT2D eigenvalue weighted by Crippen LogP contribution is -2.50. The number of nitrogens with zero attached hydrogens (tertiary/aromatic N) is 4. The highest BCUT2D eigenvalue weighted by atomic mass is 35.5. The van der Waals surface area contributed by atoms with Crippen LogP contribution in [0, 0.1) is 13.8 Å². The minimum atomic E-state index is -4.67. The number of aryl methyl sites for hydroxylation is 2. The van der Waals surface area contributed by atoms with Crippen LogP contribution < -0.4 is 9.64 Å². The highest BCUT2D eigenvalue weighted by Gasteiger charge is 2.36. The number of rotatable bonds is 5. The Bertz CT molecular complexity index is 1190. The third kappa shape index (κ3) is 5.14. The molecule has 3 aromatic rings. The number of anilines is 1. The number of para-hydroxylation sites is 1. The maximum Gasteiger partial charge on any atom is 0.435 e. The van der Waals surface area contributed by atoms with Gasteiger partial charge in [-0.05, 0) is 43.2 Å². The number of alkyl halides is 3. The van der Waals surface area contributed by atoms with E-state index in [-0.39, 0.29) is 22.5 Å². The molecule has 1 saturated heterocycles. The summed E-state index contributed by atoms with van der Waals surface area (Å²) < 4.78 is 46.3. The molecule has 0 radical (unpaired) electrons. The summed E-state index contributed by atoms with van der Waals surface area (Å²) in [6.07, 6.45) is -4.67. The molecule has 4 rings (SSSR count). The molecule has 0 saturated carbocycles. The first-order chi connectivity index (χ1) is 16.1. The van der Waals surface area contributed by atoms with E-state index >= 15 is 0 Å². The van der Waals surface area contributed by atoms with E-state index in [9.17, 15) is 18.0 Å². The first-order valence-electron chi connectivity index (χ1n) is 10.8. The van der Waals surface area contributed by atoms with Gasteiger partial charge in [0.15, 0.2) is 12.3 Å². The zero-order valence-electron chi connectivity index (χ0n) is 18.8. The number of carbonyl (C=O) groups excluding carboxylic acids is 1. The Labute approximate surface area is 200 Å². The fourth-order valence-electron chi connectivity index (χ4n) is 3.89. The predicted octanol–water partition coefficient (Wildman–Crippen LogP) is 4.89. The number of halogens is 4. The van der Waals surface area contributed by atoms with Gasteiger partial charge in [-0.3, -0.25) is 4.79 Å². The van der Waals surface area contributed by atoms with Crippen molar-refractivity contribution in [2.24, 2.45) is 0 Å². The molecule has 1 fully saturated rings. The first kappa shape index (κ1) is 23.9. The summed E-state index contributed by atoms with van der Waals surface area (Å²) in [6, 6.07) is 13.4. The number of carbonyl (C=O) groups is 1. The van der Waals surface area contributed by atoms with Gasteiger partial charge in [0.1, 0.15) is 0 Å².